The van der Waals surface area contributed by atoms with Crippen LogP contribution in [0.5, 0.6) is 0 Å². The van der Waals surface area contributed by atoms with E-state index < -0.39 is 17.7 Å². The van der Waals surface area contributed by atoms with Crippen molar-refractivity contribution in [1.29, 1.82) is 0 Å². The van der Waals surface area contributed by atoms with Gasteiger partial charge in [-0.05, 0) is 24.6 Å². The molecule has 0 atom stereocenters. The van der Waals surface area contributed by atoms with Gasteiger partial charge in [-0.25, -0.2) is 4.68 Å². The molecular formula is C11H7ClF3N3O. The van der Waals surface area contributed by atoms with Crippen molar-refractivity contribution in [2.75, 3.05) is 0 Å². The fraction of sp³-hybridized carbons (Fsp3) is 0.182. The van der Waals surface area contributed by atoms with Gasteiger partial charge in [0.25, 0.3) is 5.78 Å². The molecule has 0 aliphatic heterocycles. The highest BCUT2D eigenvalue weighted by Crippen LogP contribution is 2.23. The third-order valence-corrected chi connectivity index (χ3v) is 2.65. The Bertz CT molecular complexity index is 636. The molecule has 8 heteroatoms. The van der Waals surface area contributed by atoms with E-state index in [9.17, 15) is 18.0 Å². The number of carbonyl (C=O) groups excluding carboxylic acids is 1. The van der Waals surface area contributed by atoms with Crippen LogP contribution in [0.15, 0.2) is 24.4 Å². The van der Waals surface area contributed by atoms with Gasteiger partial charge in [-0.1, -0.05) is 22.9 Å². The van der Waals surface area contributed by atoms with Crippen molar-refractivity contribution < 1.29 is 18.0 Å². The number of carbonyl (C=O) groups is 1. The maximum absolute atomic E-state index is 12.2. The Morgan fingerprint density at radius 1 is 1.37 bits per heavy atom. The van der Waals surface area contributed by atoms with Gasteiger partial charge in [0.05, 0.1) is 16.9 Å². The summed E-state index contributed by atoms with van der Waals surface area (Å²) >= 11 is 5.91. The molecule has 0 aliphatic rings. The maximum Gasteiger partial charge on any atom is 0.456 e. The number of aromatic nitrogens is 3. The zero-order valence-electron chi connectivity index (χ0n) is 9.57. The van der Waals surface area contributed by atoms with Crippen LogP contribution >= 0.6 is 11.6 Å². The lowest BCUT2D eigenvalue weighted by Crippen LogP contribution is -2.23. The molecule has 0 radical (unpaired) electrons. The second-order valence-corrected chi connectivity index (χ2v) is 4.24. The van der Waals surface area contributed by atoms with Gasteiger partial charge in [-0.2, -0.15) is 13.2 Å². The Morgan fingerprint density at radius 3 is 2.68 bits per heavy atom. The molecule has 0 amide bonds. The standard InChI is InChI=1S/C11H7ClF3N3O/c1-6-2-3-7(12)9(4-6)18-5-8(16-17-18)10(19)11(13,14)15/h2-5H,1H3. The van der Waals surface area contributed by atoms with E-state index in [0.717, 1.165) is 16.4 Å². The lowest BCUT2D eigenvalue weighted by molar-refractivity contribution is -0.0888. The van der Waals surface area contributed by atoms with Crippen molar-refractivity contribution >= 4 is 17.4 Å². The molecule has 0 saturated carbocycles. The normalized spacial score (nSPS) is 11.6. The molecule has 2 aromatic rings. The maximum atomic E-state index is 12.2. The number of nitrogens with zero attached hydrogens (tertiary/aromatic N) is 3. The number of Topliss-reactive ketones (excluding diaryl/α,β-unsaturated/α-hetero) is 1. The molecule has 2 rings (SSSR count). The molecule has 0 aliphatic carbocycles. The fourth-order valence-electron chi connectivity index (χ4n) is 1.43. The number of rotatable bonds is 2. The molecule has 0 N–H and O–H groups in total. The molecule has 0 spiro atoms. The zero-order valence-corrected chi connectivity index (χ0v) is 10.3. The minimum absolute atomic E-state index is 0.293. The van der Waals surface area contributed by atoms with Crippen LogP contribution in [0.2, 0.25) is 5.02 Å². The summed E-state index contributed by atoms with van der Waals surface area (Å²) < 4.78 is 37.7. The van der Waals surface area contributed by atoms with Crippen molar-refractivity contribution in [3.63, 3.8) is 0 Å². The average molecular weight is 290 g/mol. The van der Waals surface area contributed by atoms with Crippen LogP contribution in [0.4, 0.5) is 13.2 Å². The minimum Gasteiger partial charge on any atom is -0.282 e. The summed E-state index contributed by atoms with van der Waals surface area (Å²) in [5.41, 5.74) is 0.430. The van der Waals surface area contributed by atoms with Crippen LogP contribution in [-0.4, -0.2) is 27.0 Å². The van der Waals surface area contributed by atoms with Gasteiger partial charge in [-0.15, -0.1) is 5.10 Å². The van der Waals surface area contributed by atoms with Gasteiger partial charge < -0.3 is 0 Å². The first-order valence-corrected chi connectivity index (χ1v) is 5.47. The lowest BCUT2D eigenvalue weighted by Gasteiger charge is -2.04. The molecule has 0 saturated heterocycles. The summed E-state index contributed by atoms with van der Waals surface area (Å²) in [7, 11) is 0. The number of halogens is 4. The number of hydrogen-bond acceptors (Lipinski definition) is 3. The van der Waals surface area contributed by atoms with Gasteiger partial charge in [0.2, 0.25) is 0 Å². The molecule has 100 valence electrons. The van der Waals surface area contributed by atoms with E-state index >= 15 is 0 Å². The van der Waals surface area contributed by atoms with E-state index in [4.69, 9.17) is 11.6 Å². The molecule has 19 heavy (non-hydrogen) atoms. The van der Waals surface area contributed by atoms with Gasteiger partial charge in [0.15, 0.2) is 5.69 Å². The smallest absolute Gasteiger partial charge is 0.282 e. The van der Waals surface area contributed by atoms with E-state index in [1.807, 2.05) is 0 Å². The second kappa shape index (κ2) is 4.65. The molecule has 1 aromatic carbocycles. The van der Waals surface area contributed by atoms with Crippen molar-refractivity contribution in [2.24, 2.45) is 0 Å². The van der Waals surface area contributed by atoms with Crippen molar-refractivity contribution in [2.45, 2.75) is 13.1 Å². The Kier molecular flexibility index (Phi) is 3.32. The molecule has 1 aromatic heterocycles. The highest BCUT2D eigenvalue weighted by molar-refractivity contribution is 6.32. The predicted molar refractivity (Wildman–Crippen MR) is 61.5 cm³/mol. The van der Waals surface area contributed by atoms with Crippen LogP contribution in [0.3, 0.4) is 0 Å². The summed E-state index contributed by atoms with van der Waals surface area (Å²) in [6, 6.07) is 4.95. The van der Waals surface area contributed by atoms with Gasteiger partial charge in [0.1, 0.15) is 0 Å². The number of aryl methyl sites for hydroxylation is 1. The molecule has 0 bridgehead atoms. The predicted octanol–water partition coefficient (Wildman–Crippen LogP) is 2.97. The van der Waals surface area contributed by atoms with E-state index in [-0.39, 0.29) is 0 Å². The summed E-state index contributed by atoms with van der Waals surface area (Å²) in [6.45, 7) is 1.79. The van der Waals surface area contributed by atoms with Crippen LogP contribution in [-0.2, 0) is 0 Å². The van der Waals surface area contributed by atoms with Gasteiger partial charge >= 0.3 is 6.18 Å². The van der Waals surface area contributed by atoms with Crippen LogP contribution in [0.1, 0.15) is 16.1 Å². The number of alkyl halides is 3. The quantitative estimate of drug-likeness (QED) is 0.799. The first-order chi connectivity index (χ1) is 8.79. The Morgan fingerprint density at radius 2 is 2.05 bits per heavy atom. The first kappa shape index (κ1) is 13.5. The van der Waals surface area contributed by atoms with E-state index in [1.165, 1.54) is 0 Å². The van der Waals surface area contributed by atoms with E-state index in [1.54, 1.807) is 25.1 Å². The SMILES string of the molecule is Cc1ccc(Cl)c(-n2cc(C(=O)C(F)(F)F)nn2)c1. The highest BCUT2D eigenvalue weighted by Gasteiger charge is 2.41. The highest BCUT2D eigenvalue weighted by atomic mass is 35.5. The zero-order chi connectivity index (χ0) is 14.2. The van der Waals surface area contributed by atoms with Crippen LogP contribution in [0.25, 0.3) is 5.69 Å². The Balaban J connectivity index is 2.42. The fourth-order valence-corrected chi connectivity index (χ4v) is 1.63. The van der Waals surface area contributed by atoms with Gasteiger partial charge in [0, 0.05) is 0 Å². The Labute approximate surface area is 110 Å². The second-order valence-electron chi connectivity index (χ2n) is 3.83. The lowest BCUT2D eigenvalue weighted by atomic mass is 10.2. The van der Waals surface area contributed by atoms with Crippen molar-refractivity contribution in [3.8, 4) is 5.69 Å². The molecule has 4 nitrogen and oxygen atoms in total. The minimum atomic E-state index is -4.97. The molecule has 0 unspecified atom stereocenters. The third kappa shape index (κ3) is 2.76. The number of hydrogen-bond donors (Lipinski definition) is 0. The third-order valence-electron chi connectivity index (χ3n) is 2.33. The van der Waals surface area contributed by atoms with Crippen LogP contribution in [0, 0.1) is 6.92 Å². The van der Waals surface area contributed by atoms with Crippen LogP contribution < -0.4 is 0 Å². The monoisotopic (exact) mass is 289 g/mol. The summed E-state index contributed by atoms with van der Waals surface area (Å²) in [5.74, 6) is -2.04. The van der Waals surface area contributed by atoms with Gasteiger partial charge in [-0.3, -0.25) is 4.79 Å². The topological polar surface area (TPSA) is 47.8 Å². The van der Waals surface area contributed by atoms with Crippen molar-refractivity contribution in [1.82, 2.24) is 15.0 Å². The number of benzene rings is 1. The van der Waals surface area contributed by atoms with E-state index in [2.05, 4.69) is 10.3 Å². The Hall–Kier alpha value is -1.89. The average Bonchev–Trinajstić information content (AvgIpc) is 2.79. The van der Waals surface area contributed by atoms with E-state index in [0.29, 0.717) is 10.7 Å². The van der Waals surface area contributed by atoms with Crippen molar-refractivity contribution in [3.05, 3.63) is 40.7 Å². The first-order valence-electron chi connectivity index (χ1n) is 5.09. The molecule has 0 fully saturated rings. The molecular weight excluding hydrogens is 283 g/mol. The molecule has 1 heterocycles. The summed E-state index contributed by atoms with van der Waals surface area (Å²) in [6.07, 6.45) is -4.08. The number of ketones is 1. The summed E-state index contributed by atoms with van der Waals surface area (Å²) in [4.78, 5) is 11.0. The summed E-state index contributed by atoms with van der Waals surface area (Å²) in [5, 5.41) is 6.99. The largest absolute Gasteiger partial charge is 0.456 e.